The highest BCUT2D eigenvalue weighted by Gasteiger charge is 2.15. The first-order chi connectivity index (χ1) is 9.55. The first-order valence-corrected chi connectivity index (χ1v) is 7.16. The van der Waals surface area contributed by atoms with Crippen LogP contribution in [0.1, 0.15) is 38.7 Å². The van der Waals surface area contributed by atoms with Crippen LogP contribution in [0, 0.1) is 16.7 Å². The van der Waals surface area contributed by atoms with Crippen molar-refractivity contribution in [2.24, 2.45) is 5.41 Å². The Hall–Kier alpha value is -1.79. The highest BCUT2D eigenvalue weighted by Crippen LogP contribution is 2.23. The lowest BCUT2D eigenvalue weighted by molar-refractivity contribution is 0.282. The molecule has 0 spiro atoms. The number of hydrogen-bond donors (Lipinski definition) is 1. The van der Waals surface area contributed by atoms with Crippen molar-refractivity contribution in [3.8, 4) is 6.07 Å². The van der Waals surface area contributed by atoms with Crippen LogP contribution < -0.4 is 0 Å². The van der Waals surface area contributed by atoms with E-state index < -0.39 is 0 Å². The summed E-state index contributed by atoms with van der Waals surface area (Å²) >= 11 is 0. The molecular formula is C17H22N2O. The number of fused-ring (bicyclic) bond motifs is 1. The summed E-state index contributed by atoms with van der Waals surface area (Å²) < 4.78 is 2.23. The summed E-state index contributed by atoms with van der Waals surface area (Å²) in [5.41, 5.74) is 1.90. The minimum atomic E-state index is -0.219. The molecule has 1 heterocycles. The van der Waals surface area contributed by atoms with Gasteiger partial charge in [-0.05, 0) is 49.8 Å². The molecule has 0 aliphatic carbocycles. The molecule has 20 heavy (non-hydrogen) atoms. The van der Waals surface area contributed by atoms with Gasteiger partial charge >= 0.3 is 0 Å². The lowest BCUT2D eigenvalue weighted by atomic mass is 9.89. The number of unbranched alkanes of at least 4 members (excludes halogenated alkanes) is 1. The molecule has 0 aliphatic heterocycles. The molecule has 2 rings (SSSR count). The molecular weight excluding hydrogens is 248 g/mol. The average molecular weight is 270 g/mol. The van der Waals surface area contributed by atoms with Gasteiger partial charge in [-0.25, -0.2) is 0 Å². The van der Waals surface area contributed by atoms with Crippen LogP contribution in [0.3, 0.4) is 0 Å². The normalized spacial score (nSPS) is 11.7. The van der Waals surface area contributed by atoms with E-state index in [-0.39, 0.29) is 12.0 Å². The number of aryl methyl sites for hydroxylation is 1. The van der Waals surface area contributed by atoms with Gasteiger partial charge < -0.3 is 9.67 Å². The van der Waals surface area contributed by atoms with E-state index in [1.54, 1.807) is 0 Å². The van der Waals surface area contributed by atoms with Gasteiger partial charge in [0.25, 0.3) is 0 Å². The first kappa shape index (κ1) is 14.6. The van der Waals surface area contributed by atoms with E-state index >= 15 is 0 Å². The Balaban J connectivity index is 1.98. The third kappa shape index (κ3) is 3.40. The van der Waals surface area contributed by atoms with E-state index in [1.165, 1.54) is 10.9 Å². The number of nitrogens with zero attached hydrogens (tertiary/aromatic N) is 2. The summed E-state index contributed by atoms with van der Waals surface area (Å²) in [7, 11) is 0. The molecule has 1 aromatic carbocycles. The fraction of sp³-hybridized carbons (Fsp3) is 0.471. The first-order valence-electron chi connectivity index (χ1n) is 7.16. The van der Waals surface area contributed by atoms with Crippen LogP contribution in [0.2, 0.25) is 0 Å². The number of aliphatic hydroxyl groups is 1. The molecule has 0 fully saturated rings. The standard InChI is InChI=1S/C17H22N2O/c1-17(2,13-18)8-3-4-9-19-10-7-15-6-5-14(12-20)11-16(15)19/h5-7,10-11,20H,3-4,8-9,12H2,1-2H3. The van der Waals surface area contributed by atoms with E-state index in [2.05, 4.69) is 35.0 Å². The maximum absolute atomic E-state index is 9.22. The summed E-state index contributed by atoms with van der Waals surface area (Å²) in [5.74, 6) is 0. The van der Waals surface area contributed by atoms with Crippen molar-refractivity contribution in [3.63, 3.8) is 0 Å². The maximum atomic E-state index is 9.22. The second-order valence-corrected chi connectivity index (χ2v) is 6.01. The molecule has 3 heteroatoms. The highest BCUT2D eigenvalue weighted by molar-refractivity contribution is 5.80. The Kier molecular flexibility index (Phi) is 4.46. The number of aromatic nitrogens is 1. The molecule has 0 radical (unpaired) electrons. The zero-order chi connectivity index (χ0) is 14.6. The summed E-state index contributed by atoms with van der Waals surface area (Å²) in [6.45, 7) is 5.02. The van der Waals surface area contributed by atoms with Crippen LogP contribution in [0.5, 0.6) is 0 Å². The molecule has 0 amide bonds. The van der Waals surface area contributed by atoms with Gasteiger partial charge in [0.1, 0.15) is 0 Å². The van der Waals surface area contributed by atoms with Crippen LogP contribution >= 0.6 is 0 Å². The van der Waals surface area contributed by atoms with Crippen LogP contribution in [0.25, 0.3) is 10.9 Å². The van der Waals surface area contributed by atoms with Gasteiger partial charge in [-0.15, -0.1) is 0 Å². The van der Waals surface area contributed by atoms with Crippen LogP contribution in [0.4, 0.5) is 0 Å². The average Bonchev–Trinajstić information content (AvgIpc) is 2.86. The van der Waals surface area contributed by atoms with Gasteiger partial charge in [0.05, 0.1) is 18.1 Å². The van der Waals surface area contributed by atoms with Crippen LogP contribution in [-0.4, -0.2) is 9.67 Å². The second kappa shape index (κ2) is 6.11. The van der Waals surface area contributed by atoms with E-state index in [0.29, 0.717) is 0 Å². The number of rotatable bonds is 6. The summed E-state index contributed by atoms with van der Waals surface area (Å²) in [6, 6.07) is 10.5. The highest BCUT2D eigenvalue weighted by atomic mass is 16.3. The van der Waals surface area contributed by atoms with Crippen LogP contribution in [0.15, 0.2) is 30.5 Å². The Morgan fingerprint density at radius 3 is 2.75 bits per heavy atom. The zero-order valence-corrected chi connectivity index (χ0v) is 12.3. The van der Waals surface area contributed by atoms with Gasteiger partial charge in [0.15, 0.2) is 0 Å². The third-order valence-electron chi connectivity index (χ3n) is 3.77. The topological polar surface area (TPSA) is 49.0 Å². The quantitative estimate of drug-likeness (QED) is 0.810. The smallest absolute Gasteiger partial charge is 0.0683 e. The number of aliphatic hydroxyl groups excluding tert-OH is 1. The number of nitriles is 1. The van der Waals surface area contributed by atoms with Crippen molar-refractivity contribution < 1.29 is 5.11 Å². The number of benzene rings is 1. The van der Waals surface area contributed by atoms with Crippen molar-refractivity contribution in [2.45, 2.75) is 46.3 Å². The molecule has 0 unspecified atom stereocenters. The predicted molar refractivity (Wildman–Crippen MR) is 81.1 cm³/mol. The Morgan fingerprint density at radius 1 is 1.25 bits per heavy atom. The predicted octanol–water partition coefficient (Wildman–Crippen LogP) is 3.85. The van der Waals surface area contributed by atoms with E-state index in [0.717, 1.165) is 31.4 Å². The fourth-order valence-corrected chi connectivity index (χ4v) is 2.43. The lowest BCUT2D eigenvalue weighted by Crippen LogP contribution is -2.08. The van der Waals surface area contributed by atoms with Crippen molar-refractivity contribution in [3.05, 3.63) is 36.0 Å². The van der Waals surface area contributed by atoms with E-state index in [1.807, 2.05) is 19.9 Å². The van der Waals surface area contributed by atoms with E-state index in [9.17, 15) is 5.11 Å². The molecule has 3 nitrogen and oxygen atoms in total. The van der Waals surface area contributed by atoms with Gasteiger partial charge in [0, 0.05) is 18.3 Å². The number of hydrogen-bond acceptors (Lipinski definition) is 2. The summed E-state index contributed by atoms with van der Waals surface area (Å²) in [6.07, 6.45) is 5.16. The van der Waals surface area contributed by atoms with Crippen LogP contribution in [-0.2, 0) is 13.2 Å². The minimum absolute atomic E-state index is 0.0808. The fourth-order valence-electron chi connectivity index (χ4n) is 2.43. The van der Waals surface area contributed by atoms with Crippen molar-refractivity contribution in [2.75, 3.05) is 0 Å². The molecule has 0 saturated heterocycles. The molecule has 1 aromatic heterocycles. The molecule has 0 atom stereocenters. The second-order valence-electron chi connectivity index (χ2n) is 6.01. The molecule has 2 aromatic rings. The molecule has 0 saturated carbocycles. The van der Waals surface area contributed by atoms with Gasteiger partial charge in [-0.2, -0.15) is 5.26 Å². The molecule has 0 bridgehead atoms. The Bertz CT molecular complexity index is 619. The lowest BCUT2D eigenvalue weighted by Gasteiger charge is -2.14. The Labute approximate surface area is 120 Å². The van der Waals surface area contributed by atoms with Crippen molar-refractivity contribution in [1.29, 1.82) is 5.26 Å². The largest absolute Gasteiger partial charge is 0.392 e. The summed E-state index contributed by atoms with van der Waals surface area (Å²) in [4.78, 5) is 0. The molecule has 106 valence electrons. The molecule has 0 aliphatic rings. The van der Waals surface area contributed by atoms with Gasteiger partial charge in [-0.3, -0.25) is 0 Å². The van der Waals surface area contributed by atoms with Crippen molar-refractivity contribution >= 4 is 10.9 Å². The van der Waals surface area contributed by atoms with Crippen molar-refractivity contribution in [1.82, 2.24) is 4.57 Å². The minimum Gasteiger partial charge on any atom is -0.392 e. The monoisotopic (exact) mass is 270 g/mol. The maximum Gasteiger partial charge on any atom is 0.0683 e. The van der Waals surface area contributed by atoms with E-state index in [4.69, 9.17) is 5.26 Å². The third-order valence-corrected chi connectivity index (χ3v) is 3.77. The Morgan fingerprint density at radius 2 is 2.05 bits per heavy atom. The summed E-state index contributed by atoms with van der Waals surface area (Å²) in [5, 5.41) is 19.4. The molecule has 1 N–H and O–H groups in total. The van der Waals surface area contributed by atoms with Gasteiger partial charge in [-0.1, -0.05) is 18.6 Å². The zero-order valence-electron chi connectivity index (χ0n) is 12.3. The van der Waals surface area contributed by atoms with Gasteiger partial charge in [0.2, 0.25) is 0 Å². The SMILES string of the molecule is CC(C)(C#N)CCCCn1ccc2ccc(CO)cc21.